The lowest BCUT2D eigenvalue weighted by atomic mass is 10.0. The second-order valence-corrected chi connectivity index (χ2v) is 8.66. The SMILES string of the molecule is O=S1(=O)CCC(CN2CCN(c3ccc(F)cc3)CC2)CC1. The van der Waals surface area contributed by atoms with Crippen molar-refractivity contribution >= 4 is 15.5 Å². The van der Waals surface area contributed by atoms with Gasteiger partial charge in [-0.25, -0.2) is 12.8 Å². The van der Waals surface area contributed by atoms with Crippen molar-refractivity contribution in [1.29, 1.82) is 0 Å². The number of sulfone groups is 1. The van der Waals surface area contributed by atoms with Gasteiger partial charge in [-0.15, -0.1) is 0 Å². The Morgan fingerprint density at radius 3 is 2.18 bits per heavy atom. The number of hydrogen-bond acceptors (Lipinski definition) is 4. The minimum atomic E-state index is -2.76. The average Bonchev–Trinajstić information content (AvgIpc) is 2.51. The van der Waals surface area contributed by atoms with E-state index in [1.165, 1.54) is 12.1 Å². The van der Waals surface area contributed by atoms with Crippen molar-refractivity contribution in [3.05, 3.63) is 30.1 Å². The topological polar surface area (TPSA) is 40.6 Å². The molecule has 1 aromatic rings. The van der Waals surface area contributed by atoms with Crippen molar-refractivity contribution in [3.63, 3.8) is 0 Å². The van der Waals surface area contributed by atoms with Crippen LogP contribution in [0.5, 0.6) is 0 Å². The number of benzene rings is 1. The lowest BCUT2D eigenvalue weighted by molar-refractivity contribution is 0.211. The Kier molecular flexibility index (Phi) is 4.68. The molecule has 22 heavy (non-hydrogen) atoms. The Bertz CT molecular complexity index is 581. The Morgan fingerprint density at radius 1 is 1.00 bits per heavy atom. The maximum atomic E-state index is 13.0. The summed E-state index contributed by atoms with van der Waals surface area (Å²) in [4.78, 5) is 4.71. The molecule has 3 rings (SSSR count). The minimum Gasteiger partial charge on any atom is -0.369 e. The summed E-state index contributed by atoms with van der Waals surface area (Å²) < 4.78 is 35.9. The first kappa shape index (κ1) is 15.7. The molecule has 0 saturated carbocycles. The van der Waals surface area contributed by atoms with Gasteiger partial charge < -0.3 is 4.90 Å². The summed E-state index contributed by atoms with van der Waals surface area (Å²) in [6, 6.07) is 6.67. The third-order valence-corrected chi connectivity index (χ3v) is 6.47. The first-order chi connectivity index (χ1) is 10.5. The van der Waals surface area contributed by atoms with Gasteiger partial charge in [-0.1, -0.05) is 0 Å². The van der Waals surface area contributed by atoms with Crippen molar-refractivity contribution in [2.24, 2.45) is 5.92 Å². The van der Waals surface area contributed by atoms with Crippen LogP contribution in [-0.2, 0) is 9.84 Å². The third kappa shape index (κ3) is 3.98. The van der Waals surface area contributed by atoms with E-state index in [2.05, 4.69) is 9.80 Å². The van der Waals surface area contributed by atoms with Crippen LogP contribution in [0.1, 0.15) is 12.8 Å². The summed E-state index contributed by atoms with van der Waals surface area (Å²) in [6.45, 7) is 4.86. The number of nitrogens with zero attached hydrogens (tertiary/aromatic N) is 2. The van der Waals surface area contributed by atoms with E-state index in [0.717, 1.165) is 51.3 Å². The van der Waals surface area contributed by atoms with Gasteiger partial charge >= 0.3 is 0 Å². The van der Waals surface area contributed by atoms with Gasteiger partial charge in [0.15, 0.2) is 0 Å². The third-order valence-electron chi connectivity index (χ3n) is 4.75. The van der Waals surface area contributed by atoms with E-state index < -0.39 is 9.84 Å². The summed E-state index contributed by atoms with van der Waals surface area (Å²) in [7, 11) is -2.76. The number of rotatable bonds is 3. The van der Waals surface area contributed by atoms with Crippen LogP contribution < -0.4 is 4.90 Å². The van der Waals surface area contributed by atoms with Crippen molar-refractivity contribution in [2.45, 2.75) is 12.8 Å². The maximum Gasteiger partial charge on any atom is 0.150 e. The van der Waals surface area contributed by atoms with E-state index in [9.17, 15) is 12.8 Å². The fourth-order valence-corrected chi connectivity index (χ4v) is 4.92. The van der Waals surface area contributed by atoms with Gasteiger partial charge in [-0.05, 0) is 43.0 Å². The van der Waals surface area contributed by atoms with Crippen LogP contribution in [0.25, 0.3) is 0 Å². The quantitative estimate of drug-likeness (QED) is 0.849. The van der Waals surface area contributed by atoms with Crippen LogP contribution in [0.4, 0.5) is 10.1 Å². The molecule has 2 aliphatic heterocycles. The maximum absolute atomic E-state index is 13.0. The number of halogens is 1. The molecule has 2 heterocycles. The number of hydrogen-bond donors (Lipinski definition) is 0. The molecule has 0 amide bonds. The normalized spacial score (nSPS) is 23.6. The predicted octanol–water partition coefficient (Wildman–Crippen LogP) is 1.77. The molecule has 2 aliphatic rings. The van der Waals surface area contributed by atoms with E-state index in [1.54, 1.807) is 0 Å². The van der Waals surface area contributed by atoms with Crippen molar-refractivity contribution < 1.29 is 12.8 Å². The number of piperazine rings is 1. The first-order valence-electron chi connectivity index (χ1n) is 7.95. The molecule has 0 aromatic heterocycles. The average molecular weight is 326 g/mol. The molecule has 4 nitrogen and oxygen atoms in total. The molecular formula is C16H23FN2O2S. The molecule has 6 heteroatoms. The molecule has 0 bridgehead atoms. The van der Waals surface area contributed by atoms with Gasteiger partial charge in [0.2, 0.25) is 0 Å². The molecule has 122 valence electrons. The van der Waals surface area contributed by atoms with E-state index >= 15 is 0 Å². The Labute approximate surface area is 131 Å². The van der Waals surface area contributed by atoms with E-state index in [0.29, 0.717) is 17.4 Å². The molecule has 0 N–H and O–H groups in total. The molecule has 0 spiro atoms. The van der Waals surface area contributed by atoms with Gasteiger partial charge in [0.05, 0.1) is 11.5 Å². The lowest BCUT2D eigenvalue weighted by Crippen LogP contribution is -2.48. The van der Waals surface area contributed by atoms with Crippen LogP contribution >= 0.6 is 0 Å². The van der Waals surface area contributed by atoms with E-state index in [4.69, 9.17) is 0 Å². The molecule has 0 radical (unpaired) electrons. The zero-order chi connectivity index (χ0) is 15.6. The smallest absolute Gasteiger partial charge is 0.150 e. The van der Waals surface area contributed by atoms with Gasteiger partial charge in [0.1, 0.15) is 15.7 Å². The molecule has 0 unspecified atom stereocenters. The molecule has 2 fully saturated rings. The molecule has 0 atom stereocenters. The zero-order valence-corrected chi connectivity index (χ0v) is 13.6. The first-order valence-corrected chi connectivity index (χ1v) is 9.77. The molecule has 1 aromatic carbocycles. The monoisotopic (exact) mass is 326 g/mol. The highest BCUT2D eigenvalue weighted by Gasteiger charge is 2.26. The fourth-order valence-electron chi connectivity index (χ4n) is 3.33. The molecule has 2 saturated heterocycles. The second-order valence-electron chi connectivity index (χ2n) is 6.36. The van der Waals surface area contributed by atoms with Crippen molar-refractivity contribution in [1.82, 2.24) is 4.90 Å². The van der Waals surface area contributed by atoms with E-state index in [1.807, 2.05) is 12.1 Å². The highest BCUT2D eigenvalue weighted by molar-refractivity contribution is 7.91. The number of anilines is 1. The molecule has 0 aliphatic carbocycles. The van der Waals surface area contributed by atoms with Gasteiger partial charge in [0, 0.05) is 38.4 Å². The Hall–Kier alpha value is -1.14. The van der Waals surface area contributed by atoms with E-state index in [-0.39, 0.29) is 5.82 Å². The zero-order valence-electron chi connectivity index (χ0n) is 12.7. The van der Waals surface area contributed by atoms with Crippen LogP contribution in [0, 0.1) is 11.7 Å². The summed E-state index contributed by atoms with van der Waals surface area (Å²) >= 11 is 0. The minimum absolute atomic E-state index is 0.199. The summed E-state index contributed by atoms with van der Waals surface area (Å²) in [5.41, 5.74) is 1.07. The Balaban J connectivity index is 1.47. The standard InChI is InChI=1S/C16H23FN2O2S/c17-15-1-3-16(4-2-15)19-9-7-18(8-10-19)13-14-5-11-22(20,21)12-6-14/h1-4,14H,5-13H2. The van der Waals surface area contributed by atoms with Crippen LogP contribution in [-0.4, -0.2) is 57.5 Å². The van der Waals surface area contributed by atoms with Gasteiger partial charge in [-0.3, -0.25) is 4.90 Å². The lowest BCUT2D eigenvalue weighted by Gasteiger charge is -2.38. The molecular weight excluding hydrogens is 303 g/mol. The summed E-state index contributed by atoms with van der Waals surface area (Å²) in [5.74, 6) is 1.02. The highest BCUT2D eigenvalue weighted by Crippen LogP contribution is 2.22. The van der Waals surface area contributed by atoms with Crippen molar-refractivity contribution in [3.8, 4) is 0 Å². The van der Waals surface area contributed by atoms with Crippen LogP contribution in [0.15, 0.2) is 24.3 Å². The summed E-state index contributed by atoms with van der Waals surface area (Å²) in [5, 5.41) is 0. The fraction of sp³-hybridized carbons (Fsp3) is 0.625. The predicted molar refractivity (Wildman–Crippen MR) is 86.4 cm³/mol. The van der Waals surface area contributed by atoms with Gasteiger partial charge in [0.25, 0.3) is 0 Å². The van der Waals surface area contributed by atoms with Crippen molar-refractivity contribution in [2.75, 3.05) is 49.1 Å². The Morgan fingerprint density at radius 2 is 1.59 bits per heavy atom. The highest BCUT2D eigenvalue weighted by atomic mass is 32.2. The largest absolute Gasteiger partial charge is 0.369 e. The second kappa shape index (κ2) is 6.54. The summed E-state index contributed by atoms with van der Waals surface area (Å²) in [6.07, 6.45) is 1.61. The van der Waals surface area contributed by atoms with Crippen LogP contribution in [0.2, 0.25) is 0 Å². The van der Waals surface area contributed by atoms with Gasteiger partial charge in [-0.2, -0.15) is 0 Å². The van der Waals surface area contributed by atoms with Crippen LogP contribution in [0.3, 0.4) is 0 Å².